The molecule has 44 heavy (non-hydrogen) atoms. The standard InChI is InChI=1S/C29H41ClN8O4S2/c1-19(2)27-34-22(17-43-27)15-38(3)28(40)36-24(11-12-33-30)26(39)37-25(31)10-9-21(13-20-7-5-4-6-8-20)35-29(41)42-16-23-14-32-18-44-23/h4-8,14,17-19,21,24-25,33H,9-13,15-16,31H2,1-3H3,(H,35,41)(H,36,40)(H,37,39)/t21-,24+,25-/m1/s1. The summed E-state index contributed by atoms with van der Waals surface area (Å²) in [5, 5.41) is 11.4. The second kappa shape index (κ2) is 18.5. The molecule has 0 unspecified atom stereocenters. The number of carbonyl (C=O) groups excluding carboxylic acids is 3. The Hall–Kier alpha value is -3.30. The van der Waals surface area contributed by atoms with E-state index in [-0.39, 0.29) is 25.6 Å². The van der Waals surface area contributed by atoms with Crippen molar-refractivity contribution in [3.8, 4) is 0 Å². The van der Waals surface area contributed by atoms with Gasteiger partial charge in [0.25, 0.3) is 0 Å². The average Bonchev–Trinajstić information content (AvgIpc) is 3.70. The van der Waals surface area contributed by atoms with Gasteiger partial charge in [-0.25, -0.2) is 19.4 Å². The maximum atomic E-state index is 13.2. The number of thiazole rings is 2. The Morgan fingerprint density at radius 3 is 2.50 bits per heavy atom. The Labute approximate surface area is 271 Å². The average molecular weight is 665 g/mol. The molecule has 0 aliphatic heterocycles. The van der Waals surface area contributed by atoms with Crippen LogP contribution in [0.5, 0.6) is 0 Å². The van der Waals surface area contributed by atoms with E-state index in [0.717, 1.165) is 21.1 Å². The number of hydrogen-bond donors (Lipinski definition) is 5. The molecule has 240 valence electrons. The highest BCUT2D eigenvalue weighted by Gasteiger charge is 2.25. The van der Waals surface area contributed by atoms with Crippen LogP contribution in [0.3, 0.4) is 0 Å². The molecule has 6 N–H and O–H groups in total. The maximum Gasteiger partial charge on any atom is 0.407 e. The van der Waals surface area contributed by atoms with Gasteiger partial charge in [-0.2, -0.15) is 0 Å². The third kappa shape index (κ3) is 12.4. The molecule has 0 radical (unpaired) electrons. The third-order valence-corrected chi connectivity index (χ3v) is 8.72. The lowest BCUT2D eigenvalue weighted by Crippen LogP contribution is -2.54. The summed E-state index contributed by atoms with van der Waals surface area (Å²) in [5.41, 5.74) is 9.80. The molecule has 3 atom stereocenters. The Balaban J connectivity index is 1.54. The molecule has 3 rings (SSSR count). The Bertz CT molecular complexity index is 1300. The number of nitrogens with one attached hydrogen (secondary N) is 4. The Morgan fingerprint density at radius 1 is 1.07 bits per heavy atom. The molecule has 12 nitrogen and oxygen atoms in total. The van der Waals surface area contributed by atoms with Crippen LogP contribution < -0.4 is 26.5 Å². The normalized spacial score (nSPS) is 13.1. The van der Waals surface area contributed by atoms with Crippen LogP contribution in [0.25, 0.3) is 0 Å². The minimum Gasteiger partial charge on any atom is -0.444 e. The molecule has 0 saturated heterocycles. The number of hydrogen-bond acceptors (Lipinski definition) is 10. The van der Waals surface area contributed by atoms with Gasteiger partial charge in [0.05, 0.1) is 33.8 Å². The zero-order valence-corrected chi connectivity index (χ0v) is 27.5. The predicted octanol–water partition coefficient (Wildman–Crippen LogP) is 4.09. The molecule has 15 heteroatoms. The highest BCUT2D eigenvalue weighted by Crippen LogP contribution is 2.20. The van der Waals surface area contributed by atoms with Gasteiger partial charge in [0, 0.05) is 37.1 Å². The molecule has 0 fully saturated rings. The first-order valence-electron chi connectivity index (χ1n) is 14.3. The summed E-state index contributed by atoms with van der Waals surface area (Å²) < 4.78 is 5.36. The Kier molecular flexibility index (Phi) is 14.8. The van der Waals surface area contributed by atoms with E-state index in [0.29, 0.717) is 31.7 Å². The molecule has 2 heterocycles. The number of nitrogens with zero attached hydrogens (tertiary/aromatic N) is 3. The van der Waals surface area contributed by atoms with Gasteiger partial charge >= 0.3 is 12.1 Å². The summed E-state index contributed by atoms with van der Waals surface area (Å²) in [7, 11) is 1.65. The second-order valence-electron chi connectivity index (χ2n) is 10.6. The quantitative estimate of drug-likeness (QED) is 0.106. The third-order valence-electron chi connectivity index (χ3n) is 6.58. The SMILES string of the molecule is CC(C)c1nc(CN(C)C(=O)N[C@@H](CCNCl)C(=O)N[C@@H](N)CC[C@H](Cc2ccccc2)NC(=O)OCc2cncs2)cs1. The summed E-state index contributed by atoms with van der Waals surface area (Å²) >= 11 is 8.61. The van der Waals surface area contributed by atoms with Crippen molar-refractivity contribution in [2.45, 2.75) is 76.8 Å². The smallest absolute Gasteiger partial charge is 0.407 e. The van der Waals surface area contributed by atoms with Gasteiger partial charge in [0.15, 0.2) is 0 Å². The molecule has 0 saturated carbocycles. The number of nitrogens with two attached hydrogens (primary N) is 1. The van der Waals surface area contributed by atoms with Crippen molar-refractivity contribution in [1.29, 1.82) is 0 Å². The summed E-state index contributed by atoms with van der Waals surface area (Å²) in [6.45, 7) is 4.86. The second-order valence-corrected chi connectivity index (χ2v) is 12.8. The number of amides is 4. The van der Waals surface area contributed by atoms with Crippen LogP contribution in [-0.4, -0.2) is 64.7 Å². The van der Waals surface area contributed by atoms with Crippen molar-refractivity contribution < 1.29 is 19.1 Å². The van der Waals surface area contributed by atoms with Crippen molar-refractivity contribution in [2.75, 3.05) is 13.6 Å². The first-order valence-corrected chi connectivity index (χ1v) is 16.5. The van der Waals surface area contributed by atoms with Crippen LogP contribution in [-0.2, 0) is 29.1 Å². The van der Waals surface area contributed by atoms with Gasteiger partial charge in [0.2, 0.25) is 5.91 Å². The van der Waals surface area contributed by atoms with Crippen molar-refractivity contribution >= 4 is 52.5 Å². The van der Waals surface area contributed by atoms with Gasteiger partial charge in [-0.3, -0.25) is 9.78 Å². The van der Waals surface area contributed by atoms with Crippen LogP contribution in [0.2, 0.25) is 0 Å². The minimum absolute atomic E-state index is 0.131. The zero-order valence-electron chi connectivity index (χ0n) is 25.1. The van der Waals surface area contributed by atoms with Crippen molar-refractivity contribution in [3.05, 3.63) is 68.6 Å². The first-order chi connectivity index (χ1) is 21.1. The van der Waals surface area contributed by atoms with Crippen LogP contribution in [0.15, 0.2) is 47.4 Å². The molecule has 4 amide bonds. The molecule has 0 bridgehead atoms. The lowest BCUT2D eigenvalue weighted by atomic mass is 10.0. The highest BCUT2D eigenvalue weighted by molar-refractivity contribution is 7.09. The summed E-state index contributed by atoms with van der Waals surface area (Å²) in [5.74, 6) is -0.126. The largest absolute Gasteiger partial charge is 0.444 e. The van der Waals surface area contributed by atoms with Gasteiger partial charge < -0.3 is 31.3 Å². The van der Waals surface area contributed by atoms with E-state index in [4.69, 9.17) is 22.2 Å². The first kappa shape index (κ1) is 35.2. The van der Waals surface area contributed by atoms with E-state index in [1.165, 1.54) is 16.2 Å². The minimum atomic E-state index is -0.871. The number of halogens is 1. The van der Waals surface area contributed by atoms with Gasteiger partial charge in [-0.05, 0) is 43.0 Å². The molecule has 2 aromatic heterocycles. The summed E-state index contributed by atoms with van der Waals surface area (Å²) in [6, 6.07) is 8.16. The van der Waals surface area contributed by atoms with E-state index in [2.05, 4.69) is 44.6 Å². The van der Waals surface area contributed by atoms with Gasteiger partial charge in [0.1, 0.15) is 12.6 Å². The van der Waals surface area contributed by atoms with E-state index in [1.54, 1.807) is 30.1 Å². The van der Waals surface area contributed by atoms with Gasteiger partial charge in [-0.1, -0.05) is 44.2 Å². The number of aromatic nitrogens is 2. The fourth-order valence-corrected chi connectivity index (χ4v) is 5.66. The number of alkyl carbamates (subject to hydrolysis) is 1. The number of rotatable bonds is 17. The molecule has 0 aliphatic carbocycles. The van der Waals surface area contributed by atoms with E-state index < -0.39 is 30.2 Å². The van der Waals surface area contributed by atoms with Crippen molar-refractivity contribution in [1.82, 2.24) is 35.7 Å². The van der Waals surface area contributed by atoms with Crippen molar-refractivity contribution in [3.63, 3.8) is 0 Å². The summed E-state index contributed by atoms with van der Waals surface area (Å²) in [6.07, 6.45) is 2.04. The van der Waals surface area contributed by atoms with Crippen LogP contribution in [0, 0.1) is 0 Å². The number of carbonyl (C=O) groups is 3. The number of urea groups is 1. The molecular formula is C29H41ClN8O4S2. The summed E-state index contributed by atoms with van der Waals surface area (Å²) in [4.78, 5) is 52.0. The lowest BCUT2D eigenvalue weighted by Gasteiger charge is -2.25. The number of benzene rings is 1. The topological polar surface area (TPSA) is 164 Å². The monoisotopic (exact) mass is 664 g/mol. The number of ether oxygens (including phenoxy) is 1. The predicted molar refractivity (Wildman–Crippen MR) is 173 cm³/mol. The van der Waals surface area contributed by atoms with Crippen LogP contribution in [0.1, 0.15) is 60.2 Å². The van der Waals surface area contributed by atoms with E-state index in [9.17, 15) is 14.4 Å². The van der Waals surface area contributed by atoms with Crippen LogP contribution in [0.4, 0.5) is 9.59 Å². The van der Waals surface area contributed by atoms with Crippen molar-refractivity contribution in [2.24, 2.45) is 5.73 Å². The van der Waals surface area contributed by atoms with Crippen LogP contribution >= 0.6 is 34.5 Å². The fraction of sp³-hybridized carbons (Fsp3) is 0.483. The molecule has 1 aromatic carbocycles. The van der Waals surface area contributed by atoms with E-state index in [1.807, 2.05) is 35.7 Å². The van der Waals surface area contributed by atoms with E-state index >= 15 is 0 Å². The molecule has 0 aliphatic rings. The highest BCUT2D eigenvalue weighted by atomic mass is 35.5. The maximum absolute atomic E-state index is 13.2. The molecule has 0 spiro atoms. The fourth-order valence-electron chi connectivity index (χ4n) is 4.22. The lowest BCUT2D eigenvalue weighted by molar-refractivity contribution is -0.123. The Morgan fingerprint density at radius 2 is 1.84 bits per heavy atom. The molecule has 3 aromatic rings. The molecular weight excluding hydrogens is 624 g/mol. The van der Waals surface area contributed by atoms with Gasteiger partial charge in [-0.15, -0.1) is 22.7 Å². The zero-order chi connectivity index (χ0) is 31.9.